The molecule has 4 heterocycles. The number of aromatic nitrogens is 4. The average Bonchev–Trinajstić information content (AvgIpc) is 3.40. The SMILES string of the molecule is CCNC(=O)[C@H]1O[C@@H](n2cnc3c(N)nc(C#CCC4CCN(C(=O)OC(C)(C)C)CC4)nc32)[C@H](O)[C@@H]1O. The van der Waals surface area contributed by atoms with Crippen molar-refractivity contribution in [3.05, 3.63) is 12.2 Å². The number of carbonyl (C=O) groups is 2. The maximum Gasteiger partial charge on any atom is 0.410 e. The minimum atomic E-state index is -1.43. The molecule has 38 heavy (non-hydrogen) atoms. The maximum absolute atomic E-state index is 12.3. The molecule has 0 aromatic carbocycles. The van der Waals surface area contributed by atoms with Gasteiger partial charge in [0.1, 0.15) is 23.3 Å². The first-order valence-corrected chi connectivity index (χ1v) is 12.7. The van der Waals surface area contributed by atoms with Gasteiger partial charge in [-0.3, -0.25) is 9.36 Å². The zero-order valence-electron chi connectivity index (χ0n) is 22.0. The van der Waals surface area contributed by atoms with Crippen LogP contribution in [0.25, 0.3) is 11.2 Å². The van der Waals surface area contributed by atoms with Crippen LogP contribution in [-0.4, -0.2) is 90.2 Å². The van der Waals surface area contributed by atoms with E-state index >= 15 is 0 Å². The molecule has 2 aromatic rings. The quantitative estimate of drug-likeness (QED) is 0.409. The number of hydrogen-bond acceptors (Lipinski definition) is 10. The first-order chi connectivity index (χ1) is 18.0. The molecule has 2 aromatic heterocycles. The van der Waals surface area contributed by atoms with E-state index in [1.54, 1.807) is 11.8 Å². The van der Waals surface area contributed by atoms with Gasteiger partial charge in [-0.1, -0.05) is 5.92 Å². The van der Waals surface area contributed by atoms with Gasteiger partial charge in [0.25, 0.3) is 5.91 Å². The number of aliphatic hydroxyl groups excluding tert-OH is 2. The summed E-state index contributed by atoms with van der Waals surface area (Å²) < 4.78 is 12.5. The number of likely N-dealkylation sites (N-methyl/N-ethyl adjacent to an activating group) is 1. The molecule has 2 fully saturated rings. The number of aliphatic hydroxyl groups is 2. The number of imidazole rings is 1. The molecule has 0 spiro atoms. The number of nitrogen functional groups attached to an aromatic ring is 1. The number of carbonyl (C=O) groups excluding carboxylic acids is 2. The molecule has 13 nitrogen and oxygen atoms in total. The monoisotopic (exact) mass is 529 g/mol. The van der Waals surface area contributed by atoms with E-state index in [1.165, 1.54) is 10.9 Å². The van der Waals surface area contributed by atoms with Crippen molar-refractivity contribution in [1.82, 2.24) is 29.7 Å². The molecule has 2 amide bonds. The third kappa shape index (κ3) is 5.98. The van der Waals surface area contributed by atoms with E-state index in [4.69, 9.17) is 15.2 Å². The van der Waals surface area contributed by atoms with Gasteiger partial charge in [0.15, 0.2) is 23.8 Å². The number of rotatable bonds is 4. The van der Waals surface area contributed by atoms with Gasteiger partial charge in [-0.25, -0.2) is 19.7 Å². The Morgan fingerprint density at radius 2 is 1.95 bits per heavy atom. The molecule has 2 aliphatic heterocycles. The summed E-state index contributed by atoms with van der Waals surface area (Å²) in [6.45, 7) is 8.87. The predicted octanol–water partition coefficient (Wildman–Crippen LogP) is 0.553. The third-order valence-electron chi connectivity index (χ3n) is 6.43. The Bertz CT molecular complexity index is 1240. The standard InChI is InChI=1S/C25H35N7O6/c1-5-27-22(35)19-17(33)18(34)23(37-19)32-13-28-16-20(26)29-15(30-21(16)32)8-6-7-14-9-11-31(12-10-14)24(36)38-25(2,3)4/h13-14,17-19,23,33-34H,5,7,9-12H2,1-4H3,(H,27,35)(H2,26,29,30)/t17-,18+,19-,23+/m0/s1. The van der Waals surface area contributed by atoms with E-state index < -0.39 is 36.0 Å². The molecule has 2 aliphatic rings. The highest BCUT2D eigenvalue weighted by atomic mass is 16.6. The lowest BCUT2D eigenvalue weighted by atomic mass is 9.94. The maximum atomic E-state index is 12.3. The molecule has 2 saturated heterocycles. The summed E-state index contributed by atoms with van der Waals surface area (Å²) >= 11 is 0. The summed E-state index contributed by atoms with van der Waals surface area (Å²) in [6.07, 6.45) is -1.86. The van der Waals surface area contributed by atoms with E-state index in [2.05, 4.69) is 32.1 Å². The van der Waals surface area contributed by atoms with Gasteiger partial charge >= 0.3 is 6.09 Å². The van der Waals surface area contributed by atoms with Crippen molar-refractivity contribution in [2.24, 2.45) is 5.92 Å². The summed E-state index contributed by atoms with van der Waals surface area (Å²) in [6, 6.07) is 0. The van der Waals surface area contributed by atoms with Crippen LogP contribution in [0.4, 0.5) is 10.6 Å². The van der Waals surface area contributed by atoms with E-state index in [1.807, 2.05) is 20.8 Å². The second-order valence-electron chi connectivity index (χ2n) is 10.5. The van der Waals surface area contributed by atoms with Crippen molar-refractivity contribution in [1.29, 1.82) is 0 Å². The van der Waals surface area contributed by atoms with Crippen LogP contribution < -0.4 is 11.1 Å². The number of nitrogens with zero attached hydrogens (tertiary/aromatic N) is 5. The van der Waals surface area contributed by atoms with Crippen LogP contribution in [0.5, 0.6) is 0 Å². The van der Waals surface area contributed by atoms with Crippen molar-refractivity contribution in [2.75, 3.05) is 25.4 Å². The largest absolute Gasteiger partial charge is 0.444 e. The molecule has 13 heteroatoms. The van der Waals surface area contributed by atoms with Crippen molar-refractivity contribution in [2.45, 2.75) is 77.1 Å². The predicted molar refractivity (Wildman–Crippen MR) is 136 cm³/mol. The van der Waals surface area contributed by atoms with Crippen molar-refractivity contribution < 1.29 is 29.3 Å². The van der Waals surface area contributed by atoms with Gasteiger partial charge in [0.2, 0.25) is 5.82 Å². The van der Waals surface area contributed by atoms with E-state index in [9.17, 15) is 19.8 Å². The van der Waals surface area contributed by atoms with E-state index in [0.29, 0.717) is 32.0 Å². The van der Waals surface area contributed by atoms with Gasteiger partial charge in [-0.2, -0.15) is 0 Å². The fourth-order valence-electron chi connectivity index (χ4n) is 4.48. The Labute approximate surface area is 220 Å². The molecule has 0 radical (unpaired) electrons. The minimum Gasteiger partial charge on any atom is -0.444 e. The number of hydrogen-bond donors (Lipinski definition) is 4. The lowest BCUT2D eigenvalue weighted by Crippen LogP contribution is -2.42. The molecular formula is C25H35N7O6. The smallest absolute Gasteiger partial charge is 0.410 e. The molecule has 0 saturated carbocycles. The molecule has 4 atom stereocenters. The van der Waals surface area contributed by atoms with Crippen LogP contribution in [0, 0.1) is 17.8 Å². The molecule has 0 bridgehead atoms. The summed E-state index contributed by atoms with van der Waals surface area (Å²) in [5.74, 6) is 6.14. The number of ether oxygens (including phenoxy) is 2. The third-order valence-corrected chi connectivity index (χ3v) is 6.43. The number of nitrogens with one attached hydrogen (secondary N) is 1. The number of piperidine rings is 1. The number of anilines is 1. The zero-order chi connectivity index (χ0) is 27.6. The Balaban J connectivity index is 1.43. The van der Waals surface area contributed by atoms with Crippen molar-refractivity contribution in [3.8, 4) is 11.8 Å². The van der Waals surface area contributed by atoms with Crippen LogP contribution in [0.1, 0.15) is 59.0 Å². The number of likely N-dealkylation sites (tertiary alicyclic amines) is 1. The average molecular weight is 530 g/mol. The molecule has 0 aliphatic carbocycles. The van der Waals surface area contributed by atoms with Gasteiger partial charge < -0.3 is 35.6 Å². The van der Waals surface area contributed by atoms with Crippen molar-refractivity contribution in [3.63, 3.8) is 0 Å². The zero-order valence-corrected chi connectivity index (χ0v) is 22.0. The lowest BCUT2D eigenvalue weighted by molar-refractivity contribution is -0.137. The van der Waals surface area contributed by atoms with Crippen LogP contribution in [-0.2, 0) is 14.3 Å². The van der Waals surface area contributed by atoms with Crippen LogP contribution in [0.2, 0.25) is 0 Å². The van der Waals surface area contributed by atoms with Crippen LogP contribution in [0.15, 0.2) is 6.33 Å². The number of fused-ring (bicyclic) bond motifs is 1. The minimum absolute atomic E-state index is 0.108. The molecule has 206 valence electrons. The number of amides is 2. The molecular weight excluding hydrogens is 494 g/mol. The normalized spacial score (nSPS) is 24.2. The summed E-state index contributed by atoms with van der Waals surface area (Å²) in [5.41, 5.74) is 6.12. The Hall–Kier alpha value is -3.47. The van der Waals surface area contributed by atoms with E-state index in [-0.39, 0.29) is 28.9 Å². The van der Waals surface area contributed by atoms with Crippen molar-refractivity contribution >= 4 is 29.0 Å². The first-order valence-electron chi connectivity index (χ1n) is 12.7. The van der Waals surface area contributed by atoms with Crippen LogP contribution in [0.3, 0.4) is 0 Å². The fraction of sp³-hybridized carbons (Fsp3) is 0.640. The second kappa shape index (κ2) is 11.1. The molecule has 4 rings (SSSR count). The van der Waals surface area contributed by atoms with Gasteiger partial charge in [0, 0.05) is 26.1 Å². The summed E-state index contributed by atoms with van der Waals surface area (Å²) in [4.78, 5) is 39.1. The van der Waals surface area contributed by atoms with Crippen LogP contribution >= 0.6 is 0 Å². The first kappa shape index (κ1) is 27.6. The lowest BCUT2D eigenvalue weighted by Gasteiger charge is -2.32. The Kier molecular flexibility index (Phi) is 8.05. The van der Waals surface area contributed by atoms with E-state index in [0.717, 1.165) is 12.8 Å². The highest BCUT2D eigenvalue weighted by Crippen LogP contribution is 2.32. The topological polar surface area (TPSA) is 178 Å². The fourth-order valence-corrected chi connectivity index (χ4v) is 4.48. The molecule has 0 unspecified atom stereocenters. The highest BCUT2D eigenvalue weighted by Gasteiger charge is 2.47. The highest BCUT2D eigenvalue weighted by molar-refractivity contribution is 5.83. The second-order valence-corrected chi connectivity index (χ2v) is 10.5. The Morgan fingerprint density at radius 3 is 2.61 bits per heavy atom. The molecule has 5 N–H and O–H groups in total. The van der Waals surface area contributed by atoms with Gasteiger partial charge in [0.05, 0.1) is 6.33 Å². The van der Waals surface area contributed by atoms with Gasteiger partial charge in [-0.15, -0.1) is 0 Å². The van der Waals surface area contributed by atoms with Gasteiger partial charge in [-0.05, 0) is 52.4 Å². The summed E-state index contributed by atoms with van der Waals surface area (Å²) in [7, 11) is 0. The number of nitrogens with two attached hydrogens (primary N) is 1. The Morgan fingerprint density at radius 1 is 1.24 bits per heavy atom. The summed E-state index contributed by atoms with van der Waals surface area (Å²) in [5, 5.41) is 23.5.